The lowest BCUT2D eigenvalue weighted by Crippen LogP contribution is -1.96. The van der Waals surface area contributed by atoms with E-state index in [0.29, 0.717) is 17.3 Å². The molecular weight excluding hydrogens is 282 g/mol. The van der Waals surface area contributed by atoms with Crippen LogP contribution < -0.4 is 10.5 Å². The Morgan fingerprint density at radius 3 is 2.59 bits per heavy atom. The summed E-state index contributed by atoms with van der Waals surface area (Å²) in [7, 11) is 0. The second kappa shape index (κ2) is 4.71. The number of ether oxygens (including phenoxy) is 1. The number of pyridine rings is 2. The Kier molecular flexibility index (Phi) is 3.28. The lowest BCUT2D eigenvalue weighted by atomic mass is 10.2. The van der Waals surface area contributed by atoms with Crippen LogP contribution in [0.5, 0.6) is 11.6 Å². The van der Waals surface area contributed by atoms with Crippen molar-refractivity contribution in [1.82, 2.24) is 9.97 Å². The van der Waals surface area contributed by atoms with Gasteiger partial charge in [0, 0.05) is 5.69 Å². The molecular formula is C12H12BrN3O. The molecule has 2 aromatic heterocycles. The predicted octanol–water partition coefficient (Wildman–Crippen LogP) is 3.23. The van der Waals surface area contributed by atoms with Crippen molar-refractivity contribution in [1.29, 1.82) is 0 Å². The van der Waals surface area contributed by atoms with Gasteiger partial charge in [-0.25, -0.2) is 4.98 Å². The zero-order valence-electron chi connectivity index (χ0n) is 9.57. The van der Waals surface area contributed by atoms with Gasteiger partial charge in [-0.15, -0.1) is 0 Å². The largest absolute Gasteiger partial charge is 0.436 e. The van der Waals surface area contributed by atoms with E-state index in [0.717, 1.165) is 15.7 Å². The number of nitrogens with two attached hydrogens (primary N) is 1. The van der Waals surface area contributed by atoms with Gasteiger partial charge in [-0.1, -0.05) is 0 Å². The van der Waals surface area contributed by atoms with Gasteiger partial charge in [-0.2, -0.15) is 0 Å². The van der Waals surface area contributed by atoms with Crippen molar-refractivity contribution in [3.63, 3.8) is 0 Å². The van der Waals surface area contributed by atoms with Gasteiger partial charge >= 0.3 is 0 Å². The Bertz CT molecular complexity index is 540. The van der Waals surface area contributed by atoms with E-state index in [1.807, 2.05) is 26.0 Å². The van der Waals surface area contributed by atoms with E-state index in [4.69, 9.17) is 10.5 Å². The van der Waals surface area contributed by atoms with Crippen LogP contribution in [0.2, 0.25) is 0 Å². The first-order valence-corrected chi connectivity index (χ1v) is 5.88. The molecule has 0 radical (unpaired) electrons. The van der Waals surface area contributed by atoms with Crippen LogP contribution >= 0.6 is 15.9 Å². The third-order valence-electron chi connectivity index (χ3n) is 2.37. The lowest BCUT2D eigenvalue weighted by molar-refractivity contribution is 0.457. The summed E-state index contributed by atoms with van der Waals surface area (Å²) in [4.78, 5) is 8.29. The molecule has 0 atom stereocenters. The van der Waals surface area contributed by atoms with Crippen LogP contribution in [0.3, 0.4) is 0 Å². The van der Waals surface area contributed by atoms with E-state index in [-0.39, 0.29) is 0 Å². The highest BCUT2D eigenvalue weighted by Crippen LogP contribution is 2.32. The first-order chi connectivity index (χ1) is 8.08. The topological polar surface area (TPSA) is 61.0 Å². The second-order valence-electron chi connectivity index (χ2n) is 3.70. The minimum Gasteiger partial charge on any atom is -0.436 e. The molecule has 17 heavy (non-hydrogen) atoms. The van der Waals surface area contributed by atoms with Crippen molar-refractivity contribution in [2.24, 2.45) is 0 Å². The summed E-state index contributed by atoms with van der Waals surface area (Å²) in [5.41, 5.74) is 8.23. The van der Waals surface area contributed by atoms with Crippen molar-refractivity contribution >= 4 is 21.6 Å². The number of anilines is 1. The number of rotatable bonds is 2. The van der Waals surface area contributed by atoms with Crippen LogP contribution in [0.1, 0.15) is 11.3 Å². The highest BCUT2D eigenvalue weighted by Gasteiger charge is 2.09. The van der Waals surface area contributed by atoms with Gasteiger partial charge < -0.3 is 10.5 Å². The highest BCUT2D eigenvalue weighted by molar-refractivity contribution is 9.10. The fraction of sp³-hybridized carbons (Fsp3) is 0.167. The standard InChI is InChI=1S/C12H12BrN3O/c1-7-3-4-9(5-15-7)17-12-11(13)8(2)10(14)6-16-12/h3-6H,14H2,1-2H3. The van der Waals surface area contributed by atoms with Crippen LogP contribution in [0, 0.1) is 13.8 Å². The van der Waals surface area contributed by atoms with Crippen molar-refractivity contribution in [3.05, 3.63) is 40.3 Å². The molecule has 2 aromatic rings. The zero-order valence-corrected chi connectivity index (χ0v) is 11.2. The smallest absolute Gasteiger partial charge is 0.234 e. The van der Waals surface area contributed by atoms with Gasteiger partial charge in [0.2, 0.25) is 5.88 Å². The molecule has 0 aliphatic heterocycles. The molecule has 4 nitrogen and oxygen atoms in total. The fourth-order valence-corrected chi connectivity index (χ4v) is 1.68. The first kappa shape index (κ1) is 11.9. The Morgan fingerprint density at radius 1 is 1.18 bits per heavy atom. The minimum atomic E-state index is 0.488. The fourth-order valence-electron chi connectivity index (χ4n) is 1.27. The quantitative estimate of drug-likeness (QED) is 0.923. The summed E-state index contributed by atoms with van der Waals surface area (Å²) in [6, 6.07) is 3.73. The third-order valence-corrected chi connectivity index (χ3v) is 3.30. The van der Waals surface area contributed by atoms with Crippen molar-refractivity contribution < 1.29 is 4.74 Å². The minimum absolute atomic E-state index is 0.488. The van der Waals surface area contributed by atoms with Gasteiger partial charge in [0.05, 0.1) is 22.6 Å². The molecule has 5 heteroatoms. The second-order valence-corrected chi connectivity index (χ2v) is 4.49. The number of halogens is 1. The highest BCUT2D eigenvalue weighted by atomic mass is 79.9. The molecule has 0 fully saturated rings. The maximum Gasteiger partial charge on any atom is 0.234 e. The number of aromatic nitrogens is 2. The summed E-state index contributed by atoms with van der Waals surface area (Å²) >= 11 is 3.42. The molecule has 0 amide bonds. The number of hydrogen-bond donors (Lipinski definition) is 1. The Labute approximate surface area is 108 Å². The van der Waals surface area contributed by atoms with Gasteiger partial charge in [0.1, 0.15) is 5.75 Å². The number of nitrogens with zero attached hydrogens (tertiary/aromatic N) is 2. The van der Waals surface area contributed by atoms with Gasteiger partial charge in [-0.3, -0.25) is 4.98 Å². The van der Waals surface area contributed by atoms with Crippen LogP contribution in [-0.2, 0) is 0 Å². The van der Waals surface area contributed by atoms with Crippen LogP contribution in [-0.4, -0.2) is 9.97 Å². The van der Waals surface area contributed by atoms with E-state index in [9.17, 15) is 0 Å². The summed E-state index contributed by atoms with van der Waals surface area (Å²) in [5, 5.41) is 0. The summed E-state index contributed by atoms with van der Waals surface area (Å²) in [5.74, 6) is 1.13. The monoisotopic (exact) mass is 293 g/mol. The molecule has 0 spiro atoms. The van der Waals surface area contributed by atoms with E-state index in [2.05, 4.69) is 25.9 Å². The molecule has 0 saturated carbocycles. The maximum absolute atomic E-state index is 5.74. The Morgan fingerprint density at radius 2 is 1.94 bits per heavy atom. The van der Waals surface area contributed by atoms with Gasteiger partial charge in [0.15, 0.2) is 0 Å². The molecule has 88 valence electrons. The molecule has 2 N–H and O–H groups in total. The Balaban J connectivity index is 2.30. The Hall–Kier alpha value is -1.62. The normalized spacial score (nSPS) is 10.3. The van der Waals surface area contributed by atoms with E-state index in [1.165, 1.54) is 0 Å². The van der Waals surface area contributed by atoms with E-state index >= 15 is 0 Å². The summed E-state index contributed by atoms with van der Waals surface area (Å²) < 4.78 is 6.39. The third kappa shape index (κ3) is 2.55. The average Bonchev–Trinajstić information content (AvgIpc) is 2.33. The van der Waals surface area contributed by atoms with E-state index in [1.54, 1.807) is 12.4 Å². The molecule has 0 unspecified atom stereocenters. The lowest BCUT2D eigenvalue weighted by Gasteiger charge is -2.09. The van der Waals surface area contributed by atoms with Crippen molar-refractivity contribution in [2.45, 2.75) is 13.8 Å². The molecule has 2 rings (SSSR count). The van der Waals surface area contributed by atoms with Crippen molar-refractivity contribution in [3.8, 4) is 11.6 Å². The maximum atomic E-state index is 5.74. The van der Waals surface area contributed by atoms with Crippen LogP contribution in [0.15, 0.2) is 29.0 Å². The average molecular weight is 294 g/mol. The number of hydrogen-bond acceptors (Lipinski definition) is 4. The predicted molar refractivity (Wildman–Crippen MR) is 70.1 cm³/mol. The van der Waals surface area contributed by atoms with Gasteiger partial charge in [-0.05, 0) is 47.5 Å². The van der Waals surface area contributed by atoms with Crippen LogP contribution in [0.4, 0.5) is 5.69 Å². The SMILES string of the molecule is Cc1ccc(Oc2ncc(N)c(C)c2Br)cn1. The molecule has 2 heterocycles. The zero-order chi connectivity index (χ0) is 12.4. The molecule has 0 saturated heterocycles. The summed E-state index contributed by atoms with van der Waals surface area (Å²) in [6.45, 7) is 3.83. The van der Waals surface area contributed by atoms with Crippen molar-refractivity contribution in [2.75, 3.05) is 5.73 Å². The number of nitrogen functional groups attached to an aromatic ring is 1. The molecule has 0 bridgehead atoms. The van der Waals surface area contributed by atoms with Crippen LogP contribution in [0.25, 0.3) is 0 Å². The molecule has 0 aliphatic carbocycles. The molecule has 0 aromatic carbocycles. The van der Waals surface area contributed by atoms with E-state index < -0.39 is 0 Å². The summed E-state index contributed by atoms with van der Waals surface area (Å²) in [6.07, 6.45) is 3.24. The molecule has 0 aliphatic rings. The van der Waals surface area contributed by atoms with Gasteiger partial charge in [0.25, 0.3) is 0 Å². The number of aryl methyl sites for hydroxylation is 1. The first-order valence-electron chi connectivity index (χ1n) is 5.09.